The van der Waals surface area contributed by atoms with Gasteiger partial charge in [-0.1, -0.05) is 13.8 Å². The predicted molar refractivity (Wildman–Crippen MR) is 83.1 cm³/mol. The van der Waals surface area contributed by atoms with Gasteiger partial charge in [-0.3, -0.25) is 4.79 Å². The van der Waals surface area contributed by atoms with Gasteiger partial charge in [0.25, 0.3) is 5.91 Å². The Morgan fingerprint density at radius 2 is 2.05 bits per heavy atom. The van der Waals surface area contributed by atoms with Crippen LogP contribution in [0.15, 0.2) is 18.3 Å². The molecule has 0 aliphatic heterocycles. The summed E-state index contributed by atoms with van der Waals surface area (Å²) in [6.07, 6.45) is 1.69. The van der Waals surface area contributed by atoms with Crippen LogP contribution in [0.3, 0.4) is 0 Å². The number of aromatic nitrogens is 1. The lowest BCUT2D eigenvalue weighted by Gasteiger charge is -2.18. The van der Waals surface area contributed by atoms with Crippen LogP contribution in [-0.2, 0) is 0 Å². The number of nitrogens with one attached hydrogen (secondary N) is 2. The number of rotatable bonds is 8. The minimum absolute atomic E-state index is 0.0755. The smallest absolute Gasteiger partial charge is 0.255 e. The Bertz CT molecular complexity index is 416. The van der Waals surface area contributed by atoms with Gasteiger partial charge in [-0.2, -0.15) is 0 Å². The quantitative estimate of drug-likeness (QED) is 0.763. The zero-order valence-corrected chi connectivity index (χ0v) is 12.9. The van der Waals surface area contributed by atoms with E-state index in [1.54, 1.807) is 18.3 Å². The molecule has 1 aromatic heterocycles. The fraction of sp³-hybridized carbons (Fsp3) is 0.600. The summed E-state index contributed by atoms with van der Waals surface area (Å²) in [6.45, 7) is 11.8. The lowest BCUT2D eigenvalue weighted by atomic mass is 10.2. The van der Waals surface area contributed by atoms with Crippen LogP contribution in [0.25, 0.3) is 0 Å². The van der Waals surface area contributed by atoms with Crippen LogP contribution in [0.4, 0.5) is 5.82 Å². The van der Waals surface area contributed by atoms with E-state index in [-0.39, 0.29) is 11.9 Å². The fourth-order valence-corrected chi connectivity index (χ4v) is 1.94. The molecule has 0 spiro atoms. The third kappa shape index (κ3) is 5.17. The van der Waals surface area contributed by atoms with Crippen molar-refractivity contribution in [1.82, 2.24) is 15.2 Å². The third-order valence-electron chi connectivity index (χ3n) is 3.09. The molecule has 0 saturated carbocycles. The summed E-state index contributed by atoms with van der Waals surface area (Å²) in [5, 5.41) is 6.14. The maximum atomic E-state index is 12.2. The number of nitrogens with zero attached hydrogens (tertiary/aromatic N) is 2. The first kappa shape index (κ1) is 16.4. The fourth-order valence-electron chi connectivity index (χ4n) is 1.94. The molecule has 1 rings (SSSR count). The lowest BCUT2D eigenvalue weighted by molar-refractivity contribution is 0.0949. The topological polar surface area (TPSA) is 57.3 Å². The number of likely N-dealkylation sites (N-methyl/N-ethyl adjacent to an activating group) is 1. The van der Waals surface area contributed by atoms with Crippen LogP contribution in [0, 0.1) is 0 Å². The first-order valence-electron chi connectivity index (χ1n) is 7.30. The Hall–Kier alpha value is -1.62. The molecule has 0 fully saturated rings. The molecule has 0 saturated heterocycles. The van der Waals surface area contributed by atoms with Gasteiger partial charge in [0, 0.05) is 25.3 Å². The van der Waals surface area contributed by atoms with Crippen molar-refractivity contribution in [3.8, 4) is 0 Å². The maximum absolute atomic E-state index is 12.2. The first-order valence-corrected chi connectivity index (χ1v) is 7.30. The van der Waals surface area contributed by atoms with E-state index in [4.69, 9.17) is 0 Å². The molecule has 1 heterocycles. The van der Waals surface area contributed by atoms with Crippen molar-refractivity contribution in [2.24, 2.45) is 0 Å². The van der Waals surface area contributed by atoms with E-state index in [1.807, 2.05) is 13.8 Å². The minimum Gasteiger partial charge on any atom is -0.367 e. The molecular weight excluding hydrogens is 252 g/mol. The zero-order chi connectivity index (χ0) is 15.0. The van der Waals surface area contributed by atoms with E-state index in [0.29, 0.717) is 17.9 Å². The lowest BCUT2D eigenvalue weighted by Crippen LogP contribution is -2.35. The van der Waals surface area contributed by atoms with Crippen molar-refractivity contribution in [3.63, 3.8) is 0 Å². The highest BCUT2D eigenvalue weighted by Crippen LogP contribution is 2.12. The van der Waals surface area contributed by atoms with Gasteiger partial charge in [-0.05, 0) is 39.1 Å². The molecule has 0 unspecified atom stereocenters. The summed E-state index contributed by atoms with van der Waals surface area (Å²) in [5.74, 6) is 0.566. The van der Waals surface area contributed by atoms with Crippen LogP contribution in [-0.4, -0.2) is 48.0 Å². The highest BCUT2D eigenvalue weighted by Gasteiger charge is 2.12. The van der Waals surface area contributed by atoms with Gasteiger partial charge in [-0.15, -0.1) is 0 Å². The second-order valence-corrected chi connectivity index (χ2v) is 4.98. The Balaban J connectivity index is 2.59. The number of hydrogen-bond acceptors (Lipinski definition) is 4. The highest BCUT2D eigenvalue weighted by molar-refractivity contribution is 5.98. The number of pyridine rings is 1. The summed E-state index contributed by atoms with van der Waals surface area (Å²) >= 11 is 0. The van der Waals surface area contributed by atoms with Crippen LogP contribution in [0.1, 0.15) is 38.1 Å². The van der Waals surface area contributed by atoms with Crippen molar-refractivity contribution >= 4 is 11.7 Å². The van der Waals surface area contributed by atoms with Crippen LogP contribution >= 0.6 is 0 Å². The van der Waals surface area contributed by atoms with E-state index < -0.39 is 0 Å². The summed E-state index contributed by atoms with van der Waals surface area (Å²) in [7, 11) is 0. The molecule has 0 atom stereocenters. The predicted octanol–water partition coefficient (Wildman–Crippen LogP) is 1.97. The largest absolute Gasteiger partial charge is 0.367 e. The number of anilines is 1. The summed E-state index contributed by atoms with van der Waals surface area (Å²) < 4.78 is 0. The number of amides is 1. The standard InChI is InChI=1S/C15H26N4O/c1-5-19(6-2)11-10-17-15(20)13-8-7-9-16-14(13)18-12(3)4/h7-9,12H,5-6,10-11H2,1-4H3,(H,16,18)(H,17,20). The Morgan fingerprint density at radius 3 is 2.65 bits per heavy atom. The molecule has 0 bridgehead atoms. The Morgan fingerprint density at radius 1 is 1.35 bits per heavy atom. The summed E-state index contributed by atoms with van der Waals surface area (Å²) in [6, 6.07) is 3.82. The number of hydrogen-bond donors (Lipinski definition) is 2. The van der Waals surface area contributed by atoms with Gasteiger partial charge in [-0.25, -0.2) is 4.98 Å². The summed E-state index contributed by atoms with van der Waals surface area (Å²) in [5.41, 5.74) is 0.598. The van der Waals surface area contributed by atoms with Gasteiger partial charge in [0.1, 0.15) is 5.82 Å². The van der Waals surface area contributed by atoms with Gasteiger partial charge >= 0.3 is 0 Å². The van der Waals surface area contributed by atoms with E-state index in [9.17, 15) is 4.79 Å². The highest BCUT2D eigenvalue weighted by atomic mass is 16.1. The van der Waals surface area contributed by atoms with Crippen molar-refractivity contribution < 1.29 is 4.79 Å². The molecule has 112 valence electrons. The third-order valence-corrected chi connectivity index (χ3v) is 3.09. The average Bonchev–Trinajstić information content (AvgIpc) is 2.43. The molecular formula is C15H26N4O. The molecule has 1 aromatic rings. The molecule has 2 N–H and O–H groups in total. The monoisotopic (exact) mass is 278 g/mol. The molecule has 0 aliphatic rings. The molecule has 5 heteroatoms. The van der Waals surface area contributed by atoms with Gasteiger partial charge in [0.15, 0.2) is 0 Å². The normalized spacial score (nSPS) is 10.9. The summed E-state index contributed by atoms with van der Waals surface area (Å²) in [4.78, 5) is 18.7. The van der Waals surface area contributed by atoms with Crippen molar-refractivity contribution in [2.45, 2.75) is 33.7 Å². The van der Waals surface area contributed by atoms with Crippen LogP contribution < -0.4 is 10.6 Å². The average molecular weight is 278 g/mol. The first-order chi connectivity index (χ1) is 9.58. The SMILES string of the molecule is CCN(CC)CCNC(=O)c1cccnc1NC(C)C. The Labute approximate surface area is 121 Å². The van der Waals surface area contributed by atoms with Crippen LogP contribution in [0.2, 0.25) is 0 Å². The molecule has 0 aliphatic carbocycles. The second-order valence-electron chi connectivity index (χ2n) is 4.98. The molecule has 1 amide bonds. The van der Waals surface area contributed by atoms with E-state index in [0.717, 1.165) is 19.6 Å². The van der Waals surface area contributed by atoms with Crippen molar-refractivity contribution in [1.29, 1.82) is 0 Å². The Kier molecular flexibility index (Phi) is 7.01. The van der Waals surface area contributed by atoms with Gasteiger partial charge in [0.2, 0.25) is 0 Å². The molecule has 5 nitrogen and oxygen atoms in total. The number of carbonyl (C=O) groups is 1. The molecule has 0 radical (unpaired) electrons. The van der Waals surface area contributed by atoms with Gasteiger partial charge in [0.05, 0.1) is 5.56 Å². The molecule has 20 heavy (non-hydrogen) atoms. The molecule has 0 aromatic carbocycles. The maximum Gasteiger partial charge on any atom is 0.255 e. The van der Waals surface area contributed by atoms with Crippen LogP contribution in [0.5, 0.6) is 0 Å². The number of carbonyl (C=O) groups excluding carboxylic acids is 1. The zero-order valence-electron chi connectivity index (χ0n) is 12.9. The second kappa shape index (κ2) is 8.53. The van der Waals surface area contributed by atoms with Crippen molar-refractivity contribution in [3.05, 3.63) is 23.9 Å². The van der Waals surface area contributed by atoms with Gasteiger partial charge < -0.3 is 15.5 Å². The van der Waals surface area contributed by atoms with E-state index in [1.165, 1.54) is 0 Å². The minimum atomic E-state index is -0.0755. The van der Waals surface area contributed by atoms with E-state index in [2.05, 4.69) is 34.4 Å². The van der Waals surface area contributed by atoms with Crippen molar-refractivity contribution in [2.75, 3.05) is 31.5 Å². The van der Waals surface area contributed by atoms with E-state index >= 15 is 0 Å².